The number of para-hydroxylation sites is 2. The van der Waals surface area contributed by atoms with Crippen molar-refractivity contribution in [2.24, 2.45) is 5.92 Å². The van der Waals surface area contributed by atoms with Crippen LogP contribution in [0.1, 0.15) is 30.9 Å². The van der Waals surface area contributed by atoms with E-state index in [1.165, 1.54) is 0 Å². The molecule has 3 aliphatic rings. The molecule has 0 bridgehead atoms. The summed E-state index contributed by atoms with van der Waals surface area (Å²) in [6.07, 6.45) is 3.05. The summed E-state index contributed by atoms with van der Waals surface area (Å²) in [5.74, 6) is 2.49. The van der Waals surface area contributed by atoms with E-state index in [-0.39, 0.29) is 37.5 Å². The lowest BCUT2D eigenvalue weighted by molar-refractivity contribution is 0.0466. The van der Waals surface area contributed by atoms with Gasteiger partial charge >= 0.3 is 6.09 Å². The number of aromatic hydroxyl groups is 1. The Morgan fingerprint density at radius 1 is 0.939 bits per heavy atom. The van der Waals surface area contributed by atoms with Crippen LogP contribution in [0.5, 0.6) is 17.2 Å². The van der Waals surface area contributed by atoms with Crippen molar-refractivity contribution in [3.63, 3.8) is 0 Å². The number of carbonyl (C=O) groups excluding carboxylic acids is 1. The zero-order valence-electron chi connectivity index (χ0n) is 18.7. The highest BCUT2D eigenvalue weighted by Crippen LogP contribution is 2.32. The highest BCUT2D eigenvalue weighted by Gasteiger charge is 2.34. The van der Waals surface area contributed by atoms with Crippen molar-refractivity contribution < 1.29 is 24.1 Å². The number of carbonyl (C=O) groups is 1. The first-order chi connectivity index (χ1) is 15.7. The Labute approximate surface area is 201 Å². The van der Waals surface area contributed by atoms with Crippen molar-refractivity contribution in [2.45, 2.75) is 31.4 Å². The van der Waals surface area contributed by atoms with Crippen LogP contribution in [0.3, 0.4) is 0 Å². The summed E-state index contributed by atoms with van der Waals surface area (Å²) >= 11 is 0. The Hall–Kier alpha value is -2.58. The molecule has 0 radical (unpaired) electrons. The molecule has 0 aliphatic carbocycles. The van der Waals surface area contributed by atoms with E-state index >= 15 is 0 Å². The predicted molar refractivity (Wildman–Crippen MR) is 129 cm³/mol. The van der Waals surface area contributed by atoms with Gasteiger partial charge in [0.05, 0.1) is 6.04 Å². The highest BCUT2D eigenvalue weighted by atomic mass is 32.1. The molecule has 8 heteroatoms. The number of phenols is 1. The zero-order chi connectivity index (χ0) is 21.9. The molecule has 2 fully saturated rings. The maximum atomic E-state index is 12.3. The molecule has 0 saturated carbocycles. The third kappa shape index (κ3) is 5.50. The van der Waals surface area contributed by atoms with Crippen LogP contribution in [-0.4, -0.2) is 66.5 Å². The Morgan fingerprint density at radius 2 is 1.67 bits per heavy atom. The first kappa shape index (κ1) is 23.6. The summed E-state index contributed by atoms with van der Waals surface area (Å²) in [5, 5.41) is 9.53. The number of benzene rings is 2. The van der Waals surface area contributed by atoms with E-state index in [0.29, 0.717) is 25.7 Å². The lowest BCUT2D eigenvalue weighted by Crippen LogP contribution is -2.44. The van der Waals surface area contributed by atoms with Gasteiger partial charge in [-0.05, 0) is 68.1 Å². The van der Waals surface area contributed by atoms with Gasteiger partial charge in [-0.2, -0.15) is 13.5 Å². The molecule has 0 spiro atoms. The molecule has 178 valence electrons. The molecule has 1 amide bonds. The molecule has 3 aliphatic heterocycles. The first-order valence-corrected chi connectivity index (χ1v) is 11.5. The third-order valence-electron chi connectivity index (χ3n) is 6.77. The van der Waals surface area contributed by atoms with Crippen LogP contribution in [0.4, 0.5) is 4.79 Å². The number of ether oxygens (including phenoxy) is 3. The molecule has 1 unspecified atom stereocenters. The third-order valence-corrected chi connectivity index (χ3v) is 6.77. The second-order valence-corrected chi connectivity index (χ2v) is 8.91. The van der Waals surface area contributed by atoms with Gasteiger partial charge in [-0.1, -0.05) is 24.3 Å². The zero-order valence-corrected chi connectivity index (χ0v) is 19.7. The maximum Gasteiger partial charge on any atom is 0.410 e. The normalized spacial score (nSPS) is 23.2. The van der Waals surface area contributed by atoms with Gasteiger partial charge in [-0.25, -0.2) is 4.79 Å². The number of fused-ring (bicyclic) bond motifs is 1. The standard InChI is InChI=1S/C25H30N2O5.H2S/c28-20-7-5-19(6-8-20)22-17-31-25(29)27(22)14-11-18-9-12-26(13-10-18)15-21-16-30-23-3-1-2-4-24(23)32-21;/h1-8,18,21-22,28H,9-17H2;1H2/t21-,22?;/m0./s1. The summed E-state index contributed by atoms with van der Waals surface area (Å²) in [4.78, 5) is 16.6. The first-order valence-electron chi connectivity index (χ1n) is 11.5. The smallest absolute Gasteiger partial charge is 0.410 e. The second kappa shape index (κ2) is 10.6. The molecule has 2 atom stereocenters. The van der Waals surface area contributed by atoms with Gasteiger partial charge in [0.2, 0.25) is 0 Å². The van der Waals surface area contributed by atoms with Crippen molar-refractivity contribution in [2.75, 3.05) is 39.4 Å². The number of rotatable bonds is 6. The van der Waals surface area contributed by atoms with Crippen LogP contribution in [0.25, 0.3) is 0 Å². The molecule has 7 nitrogen and oxygen atoms in total. The summed E-state index contributed by atoms with van der Waals surface area (Å²) in [7, 11) is 0. The summed E-state index contributed by atoms with van der Waals surface area (Å²) in [6.45, 7) is 4.62. The lowest BCUT2D eigenvalue weighted by Gasteiger charge is -2.36. The van der Waals surface area contributed by atoms with Gasteiger partial charge < -0.3 is 19.3 Å². The van der Waals surface area contributed by atoms with Crippen molar-refractivity contribution >= 4 is 19.6 Å². The van der Waals surface area contributed by atoms with Crippen LogP contribution in [0.2, 0.25) is 0 Å². The molecule has 5 rings (SSSR count). The van der Waals surface area contributed by atoms with Gasteiger partial charge in [0.1, 0.15) is 25.1 Å². The van der Waals surface area contributed by atoms with Gasteiger partial charge in [0, 0.05) is 13.1 Å². The van der Waals surface area contributed by atoms with Crippen LogP contribution in [-0.2, 0) is 4.74 Å². The molecule has 2 saturated heterocycles. The fourth-order valence-electron chi connectivity index (χ4n) is 4.89. The van der Waals surface area contributed by atoms with E-state index in [1.807, 2.05) is 41.3 Å². The molecule has 1 N–H and O–H groups in total. The predicted octanol–water partition coefficient (Wildman–Crippen LogP) is 3.94. The largest absolute Gasteiger partial charge is 0.508 e. The molecule has 2 aromatic rings. The topological polar surface area (TPSA) is 71.5 Å². The minimum Gasteiger partial charge on any atom is -0.508 e. The van der Waals surface area contributed by atoms with Crippen molar-refractivity contribution in [1.29, 1.82) is 0 Å². The summed E-state index contributed by atoms with van der Waals surface area (Å²) in [6, 6.07) is 14.8. The SMILES string of the molecule is O=C1OCC(c2ccc(O)cc2)N1CCC1CCN(C[C@H]2COc3ccccc3O2)CC1.S. The van der Waals surface area contributed by atoms with Gasteiger partial charge in [-0.3, -0.25) is 9.80 Å². The molecule has 0 aromatic heterocycles. The van der Waals surface area contributed by atoms with Crippen molar-refractivity contribution in [3.05, 3.63) is 54.1 Å². The Balaban J connectivity index is 0.00000259. The number of phenolic OH excluding ortho intramolecular Hbond substituents is 1. The van der Waals surface area contributed by atoms with Crippen LogP contribution in [0, 0.1) is 5.92 Å². The van der Waals surface area contributed by atoms with Crippen molar-refractivity contribution in [3.8, 4) is 17.2 Å². The molecule has 33 heavy (non-hydrogen) atoms. The summed E-state index contributed by atoms with van der Waals surface area (Å²) in [5.41, 5.74) is 1.000. The highest BCUT2D eigenvalue weighted by molar-refractivity contribution is 7.59. The Morgan fingerprint density at radius 3 is 2.42 bits per heavy atom. The lowest BCUT2D eigenvalue weighted by atomic mass is 9.93. The number of cyclic esters (lactones) is 1. The van der Waals surface area contributed by atoms with Crippen LogP contribution < -0.4 is 9.47 Å². The van der Waals surface area contributed by atoms with Crippen molar-refractivity contribution in [1.82, 2.24) is 9.80 Å². The number of likely N-dealkylation sites (tertiary alicyclic amines) is 1. The van der Waals surface area contributed by atoms with Gasteiger partial charge in [-0.15, -0.1) is 0 Å². The fraction of sp³-hybridized carbons (Fsp3) is 0.480. The fourth-order valence-corrected chi connectivity index (χ4v) is 4.89. The van der Waals surface area contributed by atoms with E-state index in [1.54, 1.807) is 12.1 Å². The van der Waals surface area contributed by atoms with Gasteiger partial charge in [0.25, 0.3) is 0 Å². The maximum absolute atomic E-state index is 12.3. The minimum atomic E-state index is -0.241. The van der Waals surface area contributed by atoms with E-state index in [0.717, 1.165) is 56.0 Å². The van der Waals surface area contributed by atoms with E-state index in [2.05, 4.69) is 4.90 Å². The number of hydrogen-bond donors (Lipinski definition) is 1. The quantitative estimate of drug-likeness (QED) is 0.687. The van der Waals surface area contributed by atoms with Crippen LogP contribution in [0.15, 0.2) is 48.5 Å². The average molecular weight is 473 g/mol. The van der Waals surface area contributed by atoms with Gasteiger partial charge in [0.15, 0.2) is 11.5 Å². The van der Waals surface area contributed by atoms with E-state index < -0.39 is 0 Å². The molecular weight excluding hydrogens is 440 g/mol. The molecule has 2 aromatic carbocycles. The van der Waals surface area contributed by atoms with Crippen LogP contribution >= 0.6 is 13.5 Å². The Bertz CT molecular complexity index is 933. The van der Waals surface area contributed by atoms with E-state index in [4.69, 9.17) is 14.2 Å². The number of nitrogens with zero attached hydrogens (tertiary/aromatic N) is 2. The second-order valence-electron chi connectivity index (χ2n) is 8.91. The minimum absolute atomic E-state index is 0. The average Bonchev–Trinajstić information content (AvgIpc) is 3.19. The number of amides is 1. The van der Waals surface area contributed by atoms with E-state index in [9.17, 15) is 9.90 Å². The number of piperidine rings is 1. The number of hydrogen-bond acceptors (Lipinski definition) is 6. The Kier molecular flexibility index (Phi) is 7.55. The summed E-state index contributed by atoms with van der Waals surface area (Å²) < 4.78 is 17.3. The monoisotopic (exact) mass is 472 g/mol. The molecule has 3 heterocycles. The molecular formula is C25H32N2O5S.